The highest BCUT2D eigenvalue weighted by atomic mass is 32.1. The second-order valence-electron chi connectivity index (χ2n) is 5.77. The Hall–Kier alpha value is -3.25. The number of carbonyl (C=O) groups excluding carboxylic acids is 2. The molecule has 127 valence electrons. The molecule has 2 aromatic heterocycles. The van der Waals surface area contributed by atoms with Crippen LogP contribution in [0, 0.1) is 6.33 Å². The highest BCUT2D eigenvalue weighted by Crippen LogP contribution is 2.18. The molecule has 0 bridgehead atoms. The van der Waals surface area contributed by atoms with Gasteiger partial charge in [-0.25, -0.2) is 4.98 Å². The van der Waals surface area contributed by atoms with Crippen LogP contribution in [0.3, 0.4) is 0 Å². The summed E-state index contributed by atoms with van der Waals surface area (Å²) in [5.41, 5.74) is 3.74. The first kappa shape index (κ1) is 16.2. The molecule has 4 aromatic rings. The number of rotatable bonds is 5. The molecule has 0 saturated carbocycles. The molecule has 0 aliphatic carbocycles. The summed E-state index contributed by atoms with van der Waals surface area (Å²) >= 11 is 1.58. The van der Waals surface area contributed by atoms with Crippen molar-refractivity contribution in [1.29, 1.82) is 0 Å². The van der Waals surface area contributed by atoms with E-state index in [9.17, 15) is 9.59 Å². The van der Waals surface area contributed by atoms with Crippen molar-refractivity contribution in [3.63, 3.8) is 0 Å². The number of amides is 1. The minimum Gasteiger partial charge on any atom is -0.348 e. The Labute approximate surface area is 153 Å². The third-order valence-corrected chi connectivity index (χ3v) is 4.81. The number of H-pyrrole nitrogens is 1. The highest BCUT2D eigenvalue weighted by Gasteiger charge is 2.18. The van der Waals surface area contributed by atoms with Gasteiger partial charge in [0.2, 0.25) is 0 Å². The number of aromatic nitrogens is 2. The van der Waals surface area contributed by atoms with Gasteiger partial charge in [0.15, 0.2) is 12.1 Å². The molecule has 4 rings (SSSR count). The second-order valence-corrected chi connectivity index (χ2v) is 6.55. The van der Waals surface area contributed by atoms with Gasteiger partial charge in [-0.2, -0.15) is 11.3 Å². The minimum absolute atomic E-state index is 0.206. The lowest BCUT2D eigenvalue weighted by Gasteiger charge is -2.09. The monoisotopic (exact) mass is 360 g/mol. The van der Waals surface area contributed by atoms with Crippen molar-refractivity contribution in [3.05, 3.63) is 87.9 Å². The quantitative estimate of drug-likeness (QED) is 0.534. The van der Waals surface area contributed by atoms with Gasteiger partial charge < -0.3 is 10.3 Å². The first-order valence-corrected chi connectivity index (χ1v) is 8.95. The molecule has 0 aliphatic heterocycles. The Morgan fingerprint density at radius 1 is 1.12 bits per heavy atom. The lowest BCUT2D eigenvalue weighted by atomic mass is 9.97. The van der Waals surface area contributed by atoms with Gasteiger partial charge in [-0.05, 0) is 46.7 Å². The van der Waals surface area contributed by atoms with Gasteiger partial charge in [-0.15, -0.1) is 0 Å². The summed E-state index contributed by atoms with van der Waals surface area (Å²) in [6.45, 7) is 0.431. The lowest BCUT2D eigenvalue weighted by Crippen LogP contribution is -2.24. The van der Waals surface area contributed by atoms with Crippen LogP contribution in [0.15, 0.2) is 59.3 Å². The fraction of sp³-hybridized carbons (Fsp3) is 0.0500. The maximum Gasteiger partial charge on any atom is 0.252 e. The number of ketones is 1. The lowest BCUT2D eigenvalue weighted by molar-refractivity contribution is 0.0939. The predicted octanol–water partition coefficient (Wildman–Crippen LogP) is 3.59. The number of hydrogen-bond donors (Lipinski definition) is 2. The number of nitrogens with one attached hydrogen (secondary N) is 2. The Bertz CT molecular complexity index is 1080. The van der Waals surface area contributed by atoms with E-state index in [1.807, 2.05) is 16.8 Å². The zero-order valence-electron chi connectivity index (χ0n) is 13.7. The average Bonchev–Trinajstić information content (AvgIpc) is 3.36. The predicted molar refractivity (Wildman–Crippen MR) is 100 cm³/mol. The van der Waals surface area contributed by atoms with Crippen LogP contribution < -0.4 is 5.32 Å². The molecular formula is C20H14N3O2S. The van der Waals surface area contributed by atoms with Crippen molar-refractivity contribution in [2.24, 2.45) is 0 Å². The summed E-state index contributed by atoms with van der Waals surface area (Å²) in [5.74, 6) is -0.473. The molecule has 2 aromatic carbocycles. The molecule has 1 radical (unpaired) electrons. The normalized spacial score (nSPS) is 10.8. The number of aromatic amines is 1. The van der Waals surface area contributed by atoms with E-state index < -0.39 is 0 Å². The number of nitrogens with zero attached hydrogens (tertiary/aromatic N) is 1. The van der Waals surface area contributed by atoms with Crippen LogP contribution in [0.5, 0.6) is 0 Å². The fourth-order valence-electron chi connectivity index (χ4n) is 2.73. The molecule has 0 atom stereocenters. The molecule has 0 unspecified atom stereocenters. The van der Waals surface area contributed by atoms with Gasteiger partial charge in [0.05, 0.1) is 16.6 Å². The van der Waals surface area contributed by atoms with Gasteiger partial charge in [-0.3, -0.25) is 9.59 Å². The van der Waals surface area contributed by atoms with Gasteiger partial charge in [0, 0.05) is 17.7 Å². The Kier molecular flexibility index (Phi) is 4.33. The van der Waals surface area contributed by atoms with E-state index in [1.54, 1.807) is 53.8 Å². The number of thiophene rings is 1. The summed E-state index contributed by atoms with van der Waals surface area (Å²) in [7, 11) is 0. The Balaban J connectivity index is 1.61. The van der Waals surface area contributed by atoms with Crippen LogP contribution in [0.2, 0.25) is 0 Å². The molecule has 6 heteroatoms. The molecule has 26 heavy (non-hydrogen) atoms. The zero-order chi connectivity index (χ0) is 17.9. The number of fused-ring (bicyclic) bond motifs is 1. The summed E-state index contributed by atoms with van der Waals surface area (Å²) < 4.78 is 0. The van der Waals surface area contributed by atoms with Crippen LogP contribution in [0.25, 0.3) is 11.0 Å². The SMILES string of the molecule is O=C(NCc1ccsc1)c1ccccc1C(=O)c1ccc2n[c][nH]c2c1. The standard InChI is InChI=1S/C20H14N3O2S/c24-19(14-5-6-17-18(9-14)23-12-22-17)15-3-1-2-4-16(15)20(25)21-10-13-7-8-26-11-13/h1-9,11H,10H2,(H,21,25)(H,22,23). The Morgan fingerprint density at radius 2 is 1.96 bits per heavy atom. The van der Waals surface area contributed by atoms with Crippen LogP contribution in [-0.4, -0.2) is 21.7 Å². The van der Waals surface area contributed by atoms with E-state index in [2.05, 4.69) is 21.6 Å². The number of carbonyl (C=O) groups is 2. The molecule has 1 amide bonds. The maximum atomic E-state index is 12.9. The molecule has 0 spiro atoms. The van der Waals surface area contributed by atoms with Crippen molar-refractivity contribution >= 4 is 34.1 Å². The summed E-state index contributed by atoms with van der Waals surface area (Å²) in [4.78, 5) is 32.4. The molecule has 0 fully saturated rings. The molecule has 0 aliphatic rings. The van der Waals surface area contributed by atoms with E-state index in [-0.39, 0.29) is 11.7 Å². The molecule has 0 saturated heterocycles. The molecule has 2 heterocycles. The first-order valence-electron chi connectivity index (χ1n) is 8.01. The van der Waals surface area contributed by atoms with Gasteiger partial charge in [0.25, 0.3) is 5.91 Å². The van der Waals surface area contributed by atoms with Crippen molar-refractivity contribution < 1.29 is 9.59 Å². The number of benzene rings is 2. The van der Waals surface area contributed by atoms with Gasteiger partial charge in [0.1, 0.15) is 0 Å². The smallest absolute Gasteiger partial charge is 0.252 e. The molecule has 2 N–H and O–H groups in total. The molecular weight excluding hydrogens is 346 g/mol. The average molecular weight is 360 g/mol. The van der Waals surface area contributed by atoms with Crippen LogP contribution in [0.1, 0.15) is 31.8 Å². The minimum atomic E-state index is -0.267. The third-order valence-electron chi connectivity index (χ3n) is 4.08. The van der Waals surface area contributed by atoms with E-state index in [1.165, 1.54) is 0 Å². The van der Waals surface area contributed by atoms with E-state index >= 15 is 0 Å². The van der Waals surface area contributed by atoms with Crippen molar-refractivity contribution in [2.75, 3.05) is 0 Å². The van der Waals surface area contributed by atoms with Crippen LogP contribution in [-0.2, 0) is 6.54 Å². The van der Waals surface area contributed by atoms with E-state index in [4.69, 9.17) is 0 Å². The van der Waals surface area contributed by atoms with Crippen molar-refractivity contribution in [1.82, 2.24) is 15.3 Å². The van der Waals surface area contributed by atoms with Crippen LogP contribution >= 0.6 is 11.3 Å². The Morgan fingerprint density at radius 3 is 2.77 bits per heavy atom. The second kappa shape index (κ2) is 6.93. The number of hydrogen-bond acceptors (Lipinski definition) is 4. The van der Waals surface area contributed by atoms with Gasteiger partial charge in [-0.1, -0.05) is 18.2 Å². The number of imidazole rings is 1. The largest absolute Gasteiger partial charge is 0.348 e. The van der Waals surface area contributed by atoms with E-state index in [0.717, 1.165) is 16.6 Å². The van der Waals surface area contributed by atoms with Crippen molar-refractivity contribution in [2.45, 2.75) is 6.54 Å². The third kappa shape index (κ3) is 3.14. The highest BCUT2D eigenvalue weighted by molar-refractivity contribution is 7.07. The maximum absolute atomic E-state index is 12.9. The van der Waals surface area contributed by atoms with Crippen LogP contribution in [0.4, 0.5) is 0 Å². The summed E-state index contributed by atoms with van der Waals surface area (Å²) in [6, 6.07) is 14.0. The van der Waals surface area contributed by atoms with E-state index in [0.29, 0.717) is 23.2 Å². The summed E-state index contributed by atoms with van der Waals surface area (Å²) in [5, 5.41) is 6.81. The summed E-state index contributed by atoms with van der Waals surface area (Å²) in [6.07, 6.45) is 2.65. The zero-order valence-corrected chi connectivity index (χ0v) is 14.5. The van der Waals surface area contributed by atoms with Gasteiger partial charge >= 0.3 is 0 Å². The van der Waals surface area contributed by atoms with Crippen molar-refractivity contribution in [3.8, 4) is 0 Å². The fourth-order valence-corrected chi connectivity index (χ4v) is 3.40. The first-order chi connectivity index (χ1) is 12.7. The topological polar surface area (TPSA) is 74.8 Å². The molecule has 5 nitrogen and oxygen atoms in total.